The lowest BCUT2D eigenvalue weighted by atomic mass is 10.1. The van der Waals surface area contributed by atoms with Crippen LogP contribution in [0.15, 0.2) is 42.5 Å². The highest BCUT2D eigenvalue weighted by molar-refractivity contribution is 5.77. The van der Waals surface area contributed by atoms with E-state index in [1.54, 1.807) is 0 Å². The van der Waals surface area contributed by atoms with Crippen molar-refractivity contribution in [3.63, 3.8) is 0 Å². The zero-order valence-electron chi connectivity index (χ0n) is 15.6. The Morgan fingerprint density at radius 3 is 2.77 bits per heavy atom. The maximum atomic E-state index is 11.5. The highest BCUT2D eigenvalue weighted by Gasteiger charge is 2.23. The summed E-state index contributed by atoms with van der Waals surface area (Å²) >= 11 is 0. The lowest BCUT2D eigenvalue weighted by Gasteiger charge is -2.35. The summed E-state index contributed by atoms with van der Waals surface area (Å²) in [6.45, 7) is 8.39. The number of hydrogen-bond acceptors (Lipinski definition) is 4. The SMILES string of the molecule is CCNC(=O)COc1ccc(CN2CC(C)Oc3ccc(C)cc32)cc1. The van der Waals surface area contributed by atoms with Gasteiger partial charge >= 0.3 is 0 Å². The Hall–Kier alpha value is -2.69. The molecule has 1 aliphatic rings. The van der Waals surface area contributed by atoms with Crippen molar-refractivity contribution >= 4 is 11.6 Å². The van der Waals surface area contributed by atoms with Gasteiger partial charge in [0.25, 0.3) is 5.91 Å². The number of ether oxygens (including phenoxy) is 2. The summed E-state index contributed by atoms with van der Waals surface area (Å²) in [5.41, 5.74) is 3.55. The Morgan fingerprint density at radius 1 is 1.27 bits per heavy atom. The average Bonchev–Trinajstić information content (AvgIpc) is 2.62. The van der Waals surface area contributed by atoms with E-state index in [9.17, 15) is 4.79 Å². The first-order chi connectivity index (χ1) is 12.5. The van der Waals surface area contributed by atoms with Gasteiger partial charge in [0.05, 0.1) is 12.2 Å². The summed E-state index contributed by atoms with van der Waals surface area (Å²) in [5.74, 6) is 1.54. The van der Waals surface area contributed by atoms with Gasteiger partial charge in [-0.25, -0.2) is 0 Å². The zero-order chi connectivity index (χ0) is 18.5. The highest BCUT2D eigenvalue weighted by atomic mass is 16.5. The summed E-state index contributed by atoms with van der Waals surface area (Å²) in [5, 5.41) is 2.72. The Labute approximate surface area is 154 Å². The number of benzene rings is 2. The molecule has 0 aliphatic carbocycles. The van der Waals surface area contributed by atoms with Gasteiger partial charge in [-0.2, -0.15) is 0 Å². The molecule has 26 heavy (non-hydrogen) atoms. The Kier molecular flexibility index (Phi) is 5.66. The van der Waals surface area contributed by atoms with Crippen molar-refractivity contribution in [1.29, 1.82) is 0 Å². The number of amides is 1. The number of nitrogens with zero attached hydrogens (tertiary/aromatic N) is 1. The molecule has 0 saturated carbocycles. The normalized spacial score (nSPS) is 15.8. The summed E-state index contributed by atoms with van der Waals surface area (Å²) < 4.78 is 11.5. The summed E-state index contributed by atoms with van der Waals surface area (Å²) in [4.78, 5) is 13.8. The number of aryl methyl sites for hydroxylation is 1. The first-order valence-electron chi connectivity index (χ1n) is 9.06. The topological polar surface area (TPSA) is 50.8 Å². The van der Waals surface area contributed by atoms with Crippen molar-refractivity contribution in [3.05, 3.63) is 53.6 Å². The lowest BCUT2D eigenvalue weighted by Crippen LogP contribution is -2.38. The minimum Gasteiger partial charge on any atom is -0.487 e. The number of carbonyl (C=O) groups excluding carboxylic acids is 1. The van der Waals surface area contributed by atoms with Crippen LogP contribution in [-0.4, -0.2) is 31.7 Å². The molecule has 0 saturated heterocycles. The Morgan fingerprint density at radius 2 is 2.04 bits per heavy atom. The molecule has 138 valence electrons. The largest absolute Gasteiger partial charge is 0.487 e. The third kappa shape index (κ3) is 4.48. The second-order valence-corrected chi connectivity index (χ2v) is 6.67. The third-order valence-corrected chi connectivity index (χ3v) is 4.30. The minimum absolute atomic E-state index is 0.0425. The van der Waals surface area contributed by atoms with Gasteiger partial charge in [0.15, 0.2) is 6.61 Å². The van der Waals surface area contributed by atoms with E-state index in [2.05, 4.69) is 36.2 Å². The van der Waals surface area contributed by atoms with Crippen molar-refractivity contribution in [1.82, 2.24) is 5.32 Å². The maximum Gasteiger partial charge on any atom is 0.257 e. The molecule has 2 aromatic carbocycles. The van der Waals surface area contributed by atoms with Gasteiger partial charge in [0, 0.05) is 13.1 Å². The minimum atomic E-state index is -0.106. The van der Waals surface area contributed by atoms with Crippen LogP contribution >= 0.6 is 0 Å². The molecular formula is C21H26N2O3. The molecule has 0 aromatic heterocycles. The van der Waals surface area contributed by atoms with E-state index in [-0.39, 0.29) is 18.6 Å². The van der Waals surface area contributed by atoms with Crippen LogP contribution in [0.2, 0.25) is 0 Å². The molecule has 1 amide bonds. The van der Waals surface area contributed by atoms with E-state index in [0.717, 1.165) is 24.5 Å². The van der Waals surface area contributed by atoms with E-state index in [1.807, 2.05) is 37.3 Å². The molecule has 0 radical (unpaired) electrons. The Balaban J connectivity index is 1.66. The molecular weight excluding hydrogens is 328 g/mol. The van der Waals surface area contributed by atoms with Crippen LogP contribution in [0.4, 0.5) is 5.69 Å². The van der Waals surface area contributed by atoms with Crippen molar-refractivity contribution in [2.75, 3.05) is 24.6 Å². The van der Waals surface area contributed by atoms with Crippen LogP contribution in [0, 0.1) is 6.92 Å². The summed E-state index contributed by atoms with van der Waals surface area (Å²) in [6, 6.07) is 14.2. The number of rotatable bonds is 6. The molecule has 1 atom stereocenters. The van der Waals surface area contributed by atoms with Gasteiger partial charge in [-0.1, -0.05) is 18.2 Å². The monoisotopic (exact) mass is 354 g/mol. The first kappa shape index (κ1) is 18.1. The molecule has 5 nitrogen and oxygen atoms in total. The first-order valence-corrected chi connectivity index (χ1v) is 9.06. The third-order valence-electron chi connectivity index (χ3n) is 4.30. The molecule has 0 bridgehead atoms. The second-order valence-electron chi connectivity index (χ2n) is 6.67. The van der Waals surface area contributed by atoms with Gasteiger partial charge in [0.2, 0.25) is 0 Å². The Bertz CT molecular complexity index is 758. The van der Waals surface area contributed by atoms with Gasteiger partial charge in [-0.3, -0.25) is 4.79 Å². The number of fused-ring (bicyclic) bond motifs is 1. The van der Waals surface area contributed by atoms with Gasteiger partial charge in [-0.15, -0.1) is 0 Å². The van der Waals surface area contributed by atoms with Gasteiger partial charge in [0.1, 0.15) is 17.6 Å². The average molecular weight is 354 g/mol. The molecule has 0 fully saturated rings. The summed E-state index contributed by atoms with van der Waals surface area (Å²) in [6.07, 6.45) is 0.157. The van der Waals surface area contributed by atoms with E-state index in [1.165, 1.54) is 11.1 Å². The van der Waals surface area contributed by atoms with E-state index >= 15 is 0 Å². The van der Waals surface area contributed by atoms with Crippen LogP contribution in [0.25, 0.3) is 0 Å². The molecule has 1 unspecified atom stereocenters. The maximum absolute atomic E-state index is 11.5. The molecule has 3 rings (SSSR count). The van der Waals surface area contributed by atoms with Crippen molar-refractivity contribution < 1.29 is 14.3 Å². The molecule has 5 heteroatoms. The molecule has 0 spiro atoms. The standard InChI is InChI=1S/C21H26N2O3/c1-4-22-21(24)14-25-18-8-6-17(7-9-18)13-23-12-16(3)26-20-10-5-15(2)11-19(20)23/h5-11,16H,4,12-14H2,1-3H3,(H,22,24). The predicted molar refractivity (Wildman–Crippen MR) is 103 cm³/mol. The number of carbonyl (C=O) groups is 1. The van der Waals surface area contributed by atoms with Crippen LogP contribution in [0.1, 0.15) is 25.0 Å². The zero-order valence-corrected chi connectivity index (χ0v) is 15.6. The quantitative estimate of drug-likeness (QED) is 0.865. The number of nitrogens with one attached hydrogen (secondary N) is 1. The molecule has 1 heterocycles. The fraction of sp³-hybridized carbons (Fsp3) is 0.381. The number of anilines is 1. The fourth-order valence-electron chi connectivity index (χ4n) is 3.10. The van der Waals surface area contributed by atoms with Crippen LogP contribution in [-0.2, 0) is 11.3 Å². The van der Waals surface area contributed by atoms with Crippen LogP contribution in [0.5, 0.6) is 11.5 Å². The smallest absolute Gasteiger partial charge is 0.257 e. The van der Waals surface area contributed by atoms with Crippen LogP contribution < -0.4 is 19.7 Å². The van der Waals surface area contributed by atoms with Crippen molar-refractivity contribution in [3.8, 4) is 11.5 Å². The van der Waals surface area contributed by atoms with E-state index in [4.69, 9.17) is 9.47 Å². The lowest BCUT2D eigenvalue weighted by molar-refractivity contribution is -0.122. The molecule has 1 aliphatic heterocycles. The molecule has 1 N–H and O–H groups in total. The predicted octanol–water partition coefficient (Wildman–Crippen LogP) is 3.30. The van der Waals surface area contributed by atoms with Crippen molar-refractivity contribution in [2.24, 2.45) is 0 Å². The fourth-order valence-corrected chi connectivity index (χ4v) is 3.10. The van der Waals surface area contributed by atoms with Crippen LogP contribution in [0.3, 0.4) is 0 Å². The second kappa shape index (κ2) is 8.13. The van der Waals surface area contributed by atoms with Gasteiger partial charge < -0.3 is 19.7 Å². The highest BCUT2D eigenvalue weighted by Crippen LogP contribution is 2.35. The van der Waals surface area contributed by atoms with Crippen molar-refractivity contribution in [2.45, 2.75) is 33.4 Å². The number of hydrogen-bond donors (Lipinski definition) is 1. The van der Waals surface area contributed by atoms with E-state index < -0.39 is 0 Å². The van der Waals surface area contributed by atoms with Gasteiger partial charge in [-0.05, 0) is 56.2 Å². The molecule has 2 aromatic rings. The summed E-state index contributed by atoms with van der Waals surface area (Å²) in [7, 11) is 0. The number of likely N-dealkylation sites (N-methyl/N-ethyl adjacent to an activating group) is 1. The van der Waals surface area contributed by atoms with E-state index in [0.29, 0.717) is 12.3 Å².